The molecule has 126 heavy (non-hydrogen) atoms. The maximum Gasteiger partial charge on any atom is 0.161 e. The van der Waals surface area contributed by atoms with E-state index in [9.17, 15) is 0 Å². The molecule has 9 heterocycles. The molecule has 0 spiro atoms. The molecule has 0 bridgehead atoms. The van der Waals surface area contributed by atoms with E-state index in [2.05, 4.69) is 390 Å². The molecular formula is C114H71N9S3. The molecule has 0 amide bonds. The Labute approximate surface area is 736 Å². The Morgan fingerprint density at radius 3 is 0.865 bits per heavy atom. The van der Waals surface area contributed by atoms with Crippen LogP contribution in [0.4, 0.5) is 0 Å². The number of benzene rings is 17. The molecule has 0 unspecified atom stereocenters. The number of nitrogens with zero attached hydrogens (tertiary/aromatic N) is 9. The van der Waals surface area contributed by atoms with Crippen LogP contribution in [0, 0.1) is 0 Å². The number of hydrogen-bond donors (Lipinski definition) is 0. The Balaban J connectivity index is 0.000000106. The molecule has 26 rings (SSSR count). The van der Waals surface area contributed by atoms with Crippen molar-refractivity contribution in [2.75, 3.05) is 0 Å². The number of rotatable bonds is 11. The monoisotopic (exact) mass is 1660 g/mol. The van der Waals surface area contributed by atoms with Gasteiger partial charge in [0.1, 0.15) is 14.5 Å². The molecule has 0 saturated heterocycles. The van der Waals surface area contributed by atoms with Crippen molar-refractivity contribution >= 4 is 160 Å². The van der Waals surface area contributed by atoms with Crippen molar-refractivity contribution in [2.45, 2.75) is 0 Å². The summed E-state index contributed by atoms with van der Waals surface area (Å²) in [4.78, 5) is 33.9. The molecule has 26 aromatic rings. The van der Waals surface area contributed by atoms with Crippen LogP contribution in [-0.4, -0.2) is 43.6 Å². The van der Waals surface area contributed by atoms with Crippen molar-refractivity contribution < 1.29 is 0 Å². The molecule has 590 valence electrons. The molecule has 0 N–H and O–H groups in total. The Bertz CT molecular complexity index is 8700. The quantitative estimate of drug-likeness (QED) is 0.128. The minimum absolute atomic E-state index is 0.750. The number of fused-ring (bicyclic) bond motifs is 18. The minimum atomic E-state index is 0.750. The summed E-state index contributed by atoms with van der Waals surface area (Å²) in [6.07, 6.45) is 0. The molecule has 9 aromatic heterocycles. The van der Waals surface area contributed by atoms with Crippen molar-refractivity contribution in [3.63, 3.8) is 0 Å². The van der Waals surface area contributed by atoms with Crippen LogP contribution >= 0.6 is 34.0 Å². The standard InChI is InChI=1S/2C40H25N3S.C34H21N3S/c1-3-12-26(13-4-1)28-16-11-17-30(24-28)43-34-20-9-7-18-31(34)33-25-29(22-23-35(33)43)38-37-32-19-8-10-21-36(32)44-40(37)42-39(41-38)27-14-5-2-6-15-27;1-3-11-26(12-4-1)27-19-22-30(23-20-27)43-34-17-9-7-15-31(34)33-25-29(21-24-35(33)43)38-37-32-16-8-10-18-36(32)44-40(37)42-39(41-38)28-13-5-2-6-14-28;1-3-11-22(12-4-1)33-35-32(31-27-16-8-10-18-30(27)38-34(31)36-33)23-19-20-26-25-15-7-9-17-28(25)37(29(26)21-23)24-13-5-2-6-14-24/h2*1-25H;1-21H. The number of aromatic nitrogens is 9. The van der Waals surface area contributed by atoms with E-state index in [4.69, 9.17) is 29.9 Å². The second-order valence-corrected chi connectivity index (χ2v) is 34.6. The van der Waals surface area contributed by atoms with Gasteiger partial charge in [-0.25, -0.2) is 29.9 Å². The van der Waals surface area contributed by atoms with Crippen molar-refractivity contribution in [1.82, 2.24) is 43.6 Å². The number of thiophene rings is 3. The van der Waals surface area contributed by atoms with Gasteiger partial charge in [0.25, 0.3) is 0 Å². The fourth-order valence-electron chi connectivity index (χ4n) is 18.3. The van der Waals surface area contributed by atoms with E-state index in [1.54, 1.807) is 34.0 Å². The maximum atomic E-state index is 5.25. The van der Waals surface area contributed by atoms with Gasteiger partial charge in [-0.3, -0.25) is 0 Å². The van der Waals surface area contributed by atoms with Gasteiger partial charge in [-0.2, -0.15) is 0 Å². The molecule has 0 fully saturated rings. The summed E-state index contributed by atoms with van der Waals surface area (Å²) < 4.78 is 10.8. The highest BCUT2D eigenvalue weighted by Gasteiger charge is 2.25. The van der Waals surface area contributed by atoms with Crippen LogP contribution in [0.25, 0.3) is 234 Å². The summed E-state index contributed by atoms with van der Waals surface area (Å²) in [6, 6.07) is 152. The molecule has 0 atom stereocenters. The molecule has 12 heteroatoms. The molecule has 0 aliphatic heterocycles. The normalized spacial score (nSPS) is 11.7. The first kappa shape index (κ1) is 73.9. The van der Waals surface area contributed by atoms with Gasteiger partial charge >= 0.3 is 0 Å². The molecule has 0 radical (unpaired) electrons. The first-order valence-electron chi connectivity index (χ1n) is 42.2. The predicted octanol–water partition coefficient (Wildman–Crippen LogP) is 31.2. The zero-order chi connectivity index (χ0) is 83.1. The summed E-state index contributed by atoms with van der Waals surface area (Å²) >= 11 is 5.19. The van der Waals surface area contributed by atoms with Crippen LogP contribution in [0.15, 0.2) is 431 Å². The van der Waals surface area contributed by atoms with Gasteiger partial charge in [-0.15, -0.1) is 34.0 Å². The van der Waals surface area contributed by atoms with Crippen LogP contribution in [0.1, 0.15) is 0 Å². The Kier molecular flexibility index (Phi) is 18.3. The van der Waals surface area contributed by atoms with Crippen molar-refractivity contribution in [3.8, 4) is 107 Å². The average Bonchev–Trinajstić information content (AvgIpc) is 1.58. The highest BCUT2D eigenvalue weighted by molar-refractivity contribution is 7.26. The third-order valence-corrected chi connectivity index (χ3v) is 27.3. The van der Waals surface area contributed by atoms with E-state index in [-0.39, 0.29) is 0 Å². The zero-order valence-electron chi connectivity index (χ0n) is 67.7. The fraction of sp³-hybridized carbons (Fsp3) is 0. The molecule has 0 aliphatic rings. The third kappa shape index (κ3) is 13.0. The third-order valence-electron chi connectivity index (χ3n) is 24.1. The van der Waals surface area contributed by atoms with Gasteiger partial charge in [0.15, 0.2) is 17.5 Å². The topological polar surface area (TPSA) is 92.1 Å². The first-order valence-corrected chi connectivity index (χ1v) is 44.7. The molecule has 0 aliphatic carbocycles. The van der Waals surface area contributed by atoms with E-state index < -0.39 is 0 Å². The van der Waals surface area contributed by atoms with Crippen molar-refractivity contribution in [1.29, 1.82) is 0 Å². The Morgan fingerprint density at radius 2 is 0.437 bits per heavy atom. The lowest BCUT2D eigenvalue weighted by Crippen LogP contribution is -1.95. The second kappa shape index (κ2) is 31.2. The summed E-state index contributed by atoms with van der Waals surface area (Å²) in [5, 5.41) is 14.3. The van der Waals surface area contributed by atoms with Crippen molar-refractivity contribution in [2.24, 2.45) is 0 Å². The van der Waals surface area contributed by atoms with E-state index in [0.29, 0.717) is 0 Å². The van der Waals surface area contributed by atoms with Crippen LogP contribution in [0.2, 0.25) is 0 Å². The first-order chi connectivity index (χ1) is 62.5. The van der Waals surface area contributed by atoms with Gasteiger partial charge in [0.05, 0.1) is 50.2 Å². The zero-order valence-corrected chi connectivity index (χ0v) is 70.2. The lowest BCUT2D eigenvalue weighted by molar-refractivity contribution is 1.18. The smallest absolute Gasteiger partial charge is 0.161 e. The summed E-state index contributed by atoms with van der Waals surface area (Å²) in [7, 11) is 0. The van der Waals surface area contributed by atoms with E-state index in [1.807, 2.05) is 54.6 Å². The highest BCUT2D eigenvalue weighted by atomic mass is 32.1. The largest absolute Gasteiger partial charge is 0.309 e. The lowest BCUT2D eigenvalue weighted by atomic mass is 10.0. The second-order valence-electron chi connectivity index (χ2n) is 31.5. The molecule has 17 aromatic carbocycles. The average molecular weight is 1660 g/mol. The van der Waals surface area contributed by atoms with Crippen LogP contribution in [0.5, 0.6) is 0 Å². The van der Waals surface area contributed by atoms with Gasteiger partial charge in [-0.1, -0.05) is 328 Å². The fourth-order valence-corrected chi connectivity index (χ4v) is 21.5. The van der Waals surface area contributed by atoms with Gasteiger partial charge in [0.2, 0.25) is 0 Å². The van der Waals surface area contributed by atoms with Crippen molar-refractivity contribution in [3.05, 3.63) is 431 Å². The Morgan fingerprint density at radius 1 is 0.159 bits per heavy atom. The van der Waals surface area contributed by atoms with Gasteiger partial charge < -0.3 is 13.7 Å². The summed E-state index contributed by atoms with van der Waals surface area (Å²) in [5.41, 5.74) is 24.6. The number of hydrogen-bond acceptors (Lipinski definition) is 9. The molecule has 0 saturated carbocycles. The van der Waals surface area contributed by atoms with Crippen LogP contribution in [-0.2, 0) is 0 Å². The van der Waals surface area contributed by atoms with Gasteiger partial charge in [-0.05, 0) is 125 Å². The minimum Gasteiger partial charge on any atom is -0.309 e. The Hall–Kier alpha value is -16.0. The molecular weight excluding hydrogens is 1590 g/mol. The van der Waals surface area contributed by atoms with E-state index in [1.165, 1.54) is 118 Å². The van der Waals surface area contributed by atoms with Gasteiger partial charge in [0, 0.05) is 129 Å². The van der Waals surface area contributed by atoms with E-state index in [0.717, 1.165) is 116 Å². The SMILES string of the molecule is c1ccc(-c2ccc(-n3c4ccccc4c4cc(-c5nc(-c6ccccc6)nc6sc7ccccc7c56)ccc43)cc2)cc1.c1ccc(-c2cccc(-n3c4ccccc4c4cc(-c5nc(-c6ccccc6)nc6sc7ccccc7c56)ccc43)c2)cc1.c1ccc(-c2nc(-c3ccc4c5ccccc5n(-c5ccccc5)c4c3)c3c(n2)sc2ccccc23)cc1. The lowest BCUT2D eigenvalue weighted by Gasteiger charge is -2.11. The molecule has 9 nitrogen and oxygen atoms in total. The predicted molar refractivity (Wildman–Crippen MR) is 531 cm³/mol. The maximum absolute atomic E-state index is 5.25. The summed E-state index contributed by atoms with van der Waals surface area (Å²) in [5.74, 6) is 2.25. The van der Waals surface area contributed by atoms with E-state index >= 15 is 0 Å². The van der Waals surface area contributed by atoms with Crippen LogP contribution < -0.4 is 0 Å². The summed E-state index contributed by atoms with van der Waals surface area (Å²) in [6.45, 7) is 0. The number of para-hydroxylation sites is 4. The highest BCUT2D eigenvalue weighted by Crippen LogP contribution is 2.47. The van der Waals surface area contributed by atoms with Crippen LogP contribution in [0.3, 0.4) is 0 Å².